The fourth-order valence-corrected chi connectivity index (χ4v) is 1.87. The number of aliphatic hydroxyl groups is 1. The molecule has 0 aliphatic carbocycles. The first-order valence-electron chi connectivity index (χ1n) is 4.33. The Balaban J connectivity index is 2.87. The Kier molecular flexibility index (Phi) is 4.56. The Morgan fingerprint density at radius 2 is 2.36 bits per heavy atom. The predicted molar refractivity (Wildman–Crippen MR) is 59.8 cm³/mol. The second-order valence-corrected chi connectivity index (χ2v) is 3.79. The number of ether oxygens (including phenoxy) is 1. The zero-order chi connectivity index (χ0) is 10.4. The Morgan fingerprint density at radius 1 is 1.57 bits per heavy atom. The lowest BCUT2D eigenvalue weighted by Crippen LogP contribution is -1.90. The van der Waals surface area contributed by atoms with Crippen molar-refractivity contribution in [2.45, 2.75) is 11.5 Å². The molecule has 1 aromatic carbocycles. The van der Waals surface area contributed by atoms with Crippen molar-refractivity contribution < 1.29 is 9.84 Å². The highest BCUT2D eigenvalue weighted by atomic mass is 32.2. The molecule has 0 amide bonds. The van der Waals surface area contributed by atoms with Gasteiger partial charge in [-0.1, -0.05) is 6.08 Å². The second kappa shape index (κ2) is 5.73. The largest absolute Gasteiger partial charge is 0.497 e. The molecule has 0 aromatic heterocycles. The van der Waals surface area contributed by atoms with E-state index in [-0.39, 0.29) is 6.61 Å². The standard InChI is InChI=1S/C11H14O2S/c1-3-6-14-11-5-4-10(13-2)7-9(11)8-12/h3-5,7,12H,1,6,8H2,2H3. The summed E-state index contributed by atoms with van der Waals surface area (Å²) < 4.78 is 5.08. The molecule has 0 aliphatic rings. The molecule has 0 saturated carbocycles. The first kappa shape index (κ1) is 11.1. The van der Waals surface area contributed by atoms with Gasteiger partial charge < -0.3 is 9.84 Å². The molecule has 0 aliphatic heterocycles. The Hall–Kier alpha value is -0.930. The molecular formula is C11H14O2S. The number of methoxy groups -OCH3 is 1. The van der Waals surface area contributed by atoms with E-state index in [1.165, 1.54) is 0 Å². The van der Waals surface area contributed by atoms with Crippen molar-refractivity contribution in [1.29, 1.82) is 0 Å². The van der Waals surface area contributed by atoms with Crippen LogP contribution in [0.1, 0.15) is 5.56 Å². The van der Waals surface area contributed by atoms with Gasteiger partial charge in [0.05, 0.1) is 13.7 Å². The van der Waals surface area contributed by atoms with E-state index in [0.29, 0.717) is 0 Å². The van der Waals surface area contributed by atoms with Gasteiger partial charge in [-0.05, 0) is 23.8 Å². The summed E-state index contributed by atoms with van der Waals surface area (Å²) in [6.07, 6.45) is 1.84. The minimum absolute atomic E-state index is 0.0384. The zero-order valence-corrected chi connectivity index (χ0v) is 9.01. The summed E-state index contributed by atoms with van der Waals surface area (Å²) in [5, 5.41) is 9.14. The van der Waals surface area contributed by atoms with Gasteiger partial charge in [-0.2, -0.15) is 0 Å². The van der Waals surface area contributed by atoms with Crippen LogP contribution in [-0.2, 0) is 6.61 Å². The quantitative estimate of drug-likeness (QED) is 0.598. The van der Waals surface area contributed by atoms with E-state index in [2.05, 4.69) is 6.58 Å². The lowest BCUT2D eigenvalue weighted by molar-refractivity contribution is 0.278. The summed E-state index contributed by atoms with van der Waals surface area (Å²) in [7, 11) is 1.62. The minimum atomic E-state index is 0.0384. The van der Waals surface area contributed by atoms with Crippen molar-refractivity contribution in [1.82, 2.24) is 0 Å². The smallest absolute Gasteiger partial charge is 0.119 e. The van der Waals surface area contributed by atoms with E-state index in [1.54, 1.807) is 18.9 Å². The lowest BCUT2D eigenvalue weighted by atomic mass is 10.2. The monoisotopic (exact) mass is 210 g/mol. The van der Waals surface area contributed by atoms with Gasteiger partial charge in [-0.3, -0.25) is 0 Å². The number of thioether (sulfide) groups is 1. The van der Waals surface area contributed by atoms with Crippen LogP contribution in [0.4, 0.5) is 0 Å². The zero-order valence-electron chi connectivity index (χ0n) is 8.19. The Labute approximate surface area is 88.6 Å². The van der Waals surface area contributed by atoms with E-state index < -0.39 is 0 Å². The molecule has 76 valence electrons. The molecule has 1 rings (SSSR count). The highest BCUT2D eigenvalue weighted by molar-refractivity contribution is 7.99. The van der Waals surface area contributed by atoms with Crippen LogP contribution in [0.15, 0.2) is 35.7 Å². The van der Waals surface area contributed by atoms with Gasteiger partial charge in [0.25, 0.3) is 0 Å². The molecule has 1 aromatic rings. The average molecular weight is 210 g/mol. The van der Waals surface area contributed by atoms with Crippen LogP contribution in [0.25, 0.3) is 0 Å². The maximum atomic E-state index is 9.14. The molecule has 0 fully saturated rings. The van der Waals surface area contributed by atoms with Crippen LogP contribution in [-0.4, -0.2) is 18.0 Å². The Morgan fingerprint density at radius 3 is 2.93 bits per heavy atom. The van der Waals surface area contributed by atoms with Crippen molar-refractivity contribution in [3.63, 3.8) is 0 Å². The average Bonchev–Trinajstić information content (AvgIpc) is 2.26. The van der Waals surface area contributed by atoms with Gasteiger partial charge >= 0.3 is 0 Å². The topological polar surface area (TPSA) is 29.5 Å². The van der Waals surface area contributed by atoms with Crippen molar-refractivity contribution in [3.8, 4) is 5.75 Å². The number of benzene rings is 1. The van der Waals surface area contributed by atoms with Crippen molar-refractivity contribution in [2.75, 3.05) is 12.9 Å². The third-order valence-electron chi connectivity index (χ3n) is 1.79. The third kappa shape index (κ3) is 2.79. The van der Waals surface area contributed by atoms with E-state index in [0.717, 1.165) is 22.0 Å². The van der Waals surface area contributed by atoms with Gasteiger partial charge in [-0.25, -0.2) is 0 Å². The summed E-state index contributed by atoms with van der Waals surface area (Å²) in [6.45, 7) is 3.70. The molecule has 1 N–H and O–H groups in total. The molecular weight excluding hydrogens is 196 g/mol. The summed E-state index contributed by atoms with van der Waals surface area (Å²) in [6, 6.07) is 5.70. The first-order chi connectivity index (χ1) is 6.81. The lowest BCUT2D eigenvalue weighted by Gasteiger charge is -2.07. The molecule has 0 spiro atoms. The summed E-state index contributed by atoms with van der Waals surface area (Å²) in [5.74, 6) is 1.62. The maximum Gasteiger partial charge on any atom is 0.119 e. The fraction of sp³-hybridized carbons (Fsp3) is 0.273. The highest BCUT2D eigenvalue weighted by Gasteiger charge is 2.03. The van der Waals surface area contributed by atoms with Gasteiger partial charge in [0, 0.05) is 10.6 Å². The van der Waals surface area contributed by atoms with Gasteiger partial charge in [0.15, 0.2) is 0 Å². The van der Waals surface area contributed by atoms with Gasteiger partial charge in [-0.15, -0.1) is 18.3 Å². The van der Waals surface area contributed by atoms with Crippen molar-refractivity contribution in [3.05, 3.63) is 36.4 Å². The molecule has 0 heterocycles. The molecule has 0 unspecified atom stereocenters. The maximum absolute atomic E-state index is 9.14. The van der Waals surface area contributed by atoms with E-state index in [4.69, 9.17) is 9.84 Å². The van der Waals surface area contributed by atoms with Crippen LogP contribution in [0.3, 0.4) is 0 Å². The molecule has 3 heteroatoms. The highest BCUT2D eigenvalue weighted by Crippen LogP contribution is 2.26. The number of hydrogen-bond acceptors (Lipinski definition) is 3. The van der Waals surface area contributed by atoms with Crippen LogP contribution in [0.5, 0.6) is 5.75 Å². The second-order valence-electron chi connectivity index (χ2n) is 2.73. The van der Waals surface area contributed by atoms with Crippen molar-refractivity contribution in [2.24, 2.45) is 0 Å². The van der Waals surface area contributed by atoms with Gasteiger partial charge in [0.2, 0.25) is 0 Å². The summed E-state index contributed by atoms with van der Waals surface area (Å²) in [4.78, 5) is 1.08. The van der Waals surface area contributed by atoms with E-state index >= 15 is 0 Å². The van der Waals surface area contributed by atoms with Crippen LogP contribution in [0.2, 0.25) is 0 Å². The molecule has 0 saturated heterocycles. The minimum Gasteiger partial charge on any atom is -0.497 e. The van der Waals surface area contributed by atoms with E-state index in [1.807, 2.05) is 24.3 Å². The van der Waals surface area contributed by atoms with Gasteiger partial charge in [0.1, 0.15) is 5.75 Å². The Bertz CT molecular complexity index is 310. The summed E-state index contributed by atoms with van der Waals surface area (Å²) >= 11 is 1.66. The van der Waals surface area contributed by atoms with Crippen LogP contribution < -0.4 is 4.74 Å². The molecule has 0 radical (unpaired) electrons. The first-order valence-corrected chi connectivity index (χ1v) is 5.32. The SMILES string of the molecule is C=CCSc1ccc(OC)cc1CO. The van der Waals surface area contributed by atoms with Crippen molar-refractivity contribution >= 4 is 11.8 Å². The summed E-state index contributed by atoms with van der Waals surface area (Å²) in [5.41, 5.74) is 0.899. The van der Waals surface area contributed by atoms with Crippen LogP contribution in [0, 0.1) is 0 Å². The molecule has 0 atom stereocenters. The molecule has 0 bridgehead atoms. The predicted octanol–water partition coefficient (Wildman–Crippen LogP) is 2.47. The number of hydrogen-bond donors (Lipinski definition) is 1. The molecule has 2 nitrogen and oxygen atoms in total. The normalized spacial score (nSPS) is 9.86. The third-order valence-corrected chi connectivity index (χ3v) is 2.91. The number of rotatable bonds is 5. The number of aliphatic hydroxyl groups excluding tert-OH is 1. The fourth-order valence-electron chi connectivity index (χ4n) is 1.10. The van der Waals surface area contributed by atoms with Crippen LogP contribution >= 0.6 is 11.8 Å². The van der Waals surface area contributed by atoms with E-state index in [9.17, 15) is 0 Å². The molecule has 14 heavy (non-hydrogen) atoms.